The van der Waals surface area contributed by atoms with Crippen molar-refractivity contribution in [3.8, 4) is 16.9 Å². The van der Waals surface area contributed by atoms with Crippen molar-refractivity contribution in [1.82, 2.24) is 19.7 Å². The van der Waals surface area contributed by atoms with E-state index in [0.717, 1.165) is 28.0 Å². The first-order valence-electron chi connectivity index (χ1n) is 12.7. The van der Waals surface area contributed by atoms with Gasteiger partial charge in [-0.1, -0.05) is 36.4 Å². The Morgan fingerprint density at radius 2 is 1.81 bits per heavy atom. The Morgan fingerprint density at radius 3 is 2.65 bits per heavy atom. The highest BCUT2D eigenvalue weighted by atomic mass is 16.5. The number of benzene rings is 2. The number of carbonyl (C=O) groups excluding carboxylic acids is 1. The molecular formula is C30H32N4O3. The maximum Gasteiger partial charge on any atom is 0.272 e. The van der Waals surface area contributed by atoms with E-state index in [2.05, 4.69) is 52.5 Å². The first-order chi connectivity index (χ1) is 18.1. The molecule has 0 saturated carbocycles. The lowest BCUT2D eigenvalue weighted by Crippen LogP contribution is -2.35. The summed E-state index contributed by atoms with van der Waals surface area (Å²) < 4.78 is 13.8. The molecule has 2 bridgehead atoms. The van der Waals surface area contributed by atoms with E-state index in [1.165, 1.54) is 5.56 Å². The number of hydrogen-bond acceptors (Lipinski definition) is 5. The van der Waals surface area contributed by atoms with Crippen molar-refractivity contribution in [3.63, 3.8) is 0 Å². The molecule has 4 aromatic rings. The molecule has 2 aromatic heterocycles. The van der Waals surface area contributed by atoms with Crippen LogP contribution in [0, 0.1) is 0 Å². The first-order valence-corrected chi connectivity index (χ1v) is 12.7. The summed E-state index contributed by atoms with van der Waals surface area (Å²) in [7, 11) is 0. The van der Waals surface area contributed by atoms with Crippen LogP contribution in [-0.4, -0.2) is 51.9 Å². The van der Waals surface area contributed by atoms with Crippen LogP contribution in [0.1, 0.15) is 47.1 Å². The maximum absolute atomic E-state index is 13.5. The molecule has 0 atom stereocenters. The number of amides is 1. The molecule has 7 heteroatoms. The Morgan fingerprint density at radius 1 is 0.919 bits per heavy atom. The Hall–Kier alpha value is -3.97. The number of rotatable bonds is 3. The number of ether oxygens (including phenoxy) is 2. The van der Waals surface area contributed by atoms with E-state index >= 15 is 0 Å². The zero-order valence-corrected chi connectivity index (χ0v) is 21.3. The standard InChI is InChI=1S/C30H32N4O3/c1-22(2)34-28(10-12-32-34)30(35)33-13-14-36-15-16-37-29-9-8-25(26-7-4-11-31-20-26)19-27(29)18-23-5-3-6-24(17-23)21-33/h3-12,17,19-20,22H,13-16,18,21H2,1-2H3. The topological polar surface area (TPSA) is 69.5 Å². The SMILES string of the molecule is CC(C)n1nccc1C(=O)N1CCOCCOc2ccc(-c3cccnc3)cc2Cc2cccc(c2)C1. The predicted octanol–water partition coefficient (Wildman–Crippen LogP) is 5.17. The second kappa shape index (κ2) is 11.4. The monoisotopic (exact) mass is 496 g/mol. The lowest BCUT2D eigenvalue weighted by atomic mass is 9.98. The molecular weight excluding hydrogens is 464 g/mol. The number of nitrogens with zero attached hydrogens (tertiary/aromatic N) is 4. The Balaban J connectivity index is 1.45. The fourth-order valence-electron chi connectivity index (χ4n) is 4.65. The number of carbonyl (C=O) groups is 1. The van der Waals surface area contributed by atoms with Gasteiger partial charge in [-0.05, 0) is 60.4 Å². The average Bonchev–Trinajstić information content (AvgIpc) is 3.41. The van der Waals surface area contributed by atoms with Crippen LogP contribution in [0.2, 0.25) is 0 Å². The van der Waals surface area contributed by atoms with Gasteiger partial charge in [0.15, 0.2) is 0 Å². The lowest BCUT2D eigenvalue weighted by Gasteiger charge is -2.24. The lowest BCUT2D eigenvalue weighted by molar-refractivity contribution is 0.0560. The largest absolute Gasteiger partial charge is 0.491 e. The van der Waals surface area contributed by atoms with Gasteiger partial charge in [0.25, 0.3) is 5.91 Å². The highest BCUT2D eigenvalue weighted by molar-refractivity contribution is 5.92. The quantitative estimate of drug-likeness (QED) is 0.392. The normalized spacial score (nSPS) is 14.5. The molecule has 0 saturated heterocycles. The number of pyridine rings is 1. The van der Waals surface area contributed by atoms with Crippen LogP contribution in [0.25, 0.3) is 11.1 Å². The minimum atomic E-state index is -0.0463. The summed E-state index contributed by atoms with van der Waals surface area (Å²) in [6.07, 6.45) is 6.05. The van der Waals surface area contributed by atoms with Crippen molar-refractivity contribution in [2.45, 2.75) is 32.9 Å². The Labute approximate surface area is 217 Å². The predicted molar refractivity (Wildman–Crippen MR) is 143 cm³/mol. The van der Waals surface area contributed by atoms with E-state index in [1.54, 1.807) is 23.1 Å². The van der Waals surface area contributed by atoms with Gasteiger partial charge in [0.1, 0.15) is 18.1 Å². The zero-order valence-electron chi connectivity index (χ0n) is 21.3. The van der Waals surface area contributed by atoms with Gasteiger partial charge in [0.2, 0.25) is 0 Å². The van der Waals surface area contributed by atoms with Gasteiger partial charge in [-0.15, -0.1) is 0 Å². The van der Waals surface area contributed by atoms with Crippen molar-refractivity contribution < 1.29 is 14.3 Å². The van der Waals surface area contributed by atoms with Gasteiger partial charge in [0.05, 0.1) is 13.2 Å². The zero-order chi connectivity index (χ0) is 25.6. The molecule has 1 amide bonds. The number of aromatic nitrogens is 3. The second-order valence-electron chi connectivity index (χ2n) is 9.50. The van der Waals surface area contributed by atoms with E-state index < -0.39 is 0 Å². The van der Waals surface area contributed by atoms with E-state index in [-0.39, 0.29) is 11.9 Å². The van der Waals surface area contributed by atoms with E-state index in [1.807, 2.05) is 37.1 Å². The van der Waals surface area contributed by atoms with Crippen molar-refractivity contribution in [2.24, 2.45) is 0 Å². The van der Waals surface area contributed by atoms with Gasteiger partial charge in [-0.25, -0.2) is 0 Å². The van der Waals surface area contributed by atoms with Crippen molar-refractivity contribution in [1.29, 1.82) is 0 Å². The maximum atomic E-state index is 13.5. The van der Waals surface area contributed by atoms with Crippen LogP contribution in [-0.2, 0) is 17.7 Å². The molecule has 0 N–H and O–H groups in total. The second-order valence-corrected chi connectivity index (χ2v) is 9.50. The molecule has 37 heavy (non-hydrogen) atoms. The third-order valence-electron chi connectivity index (χ3n) is 6.47. The van der Waals surface area contributed by atoms with E-state index in [9.17, 15) is 4.79 Å². The molecule has 5 rings (SSSR count). The van der Waals surface area contributed by atoms with Crippen molar-refractivity contribution in [3.05, 3.63) is 102 Å². The summed E-state index contributed by atoms with van der Waals surface area (Å²) in [5.41, 5.74) is 6.10. The Kier molecular flexibility index (Phi) is 7.61. The van der Waals surface area contributed by atoms with Gasteiger partial charge in [0, 0.05) is 49.7 Å². The number of hydrogen-bond donors (Lipinski definition) is 0. The third-order valence-corrected chi connectivity index (χ3v) is 6.47. The minimum Gasteiger partial charge on any atom is -0.491 e. The van der Waals surface area contributed by atoms with E-state index in [0.29, 0.717) is 45.0 Å². The summed E-state index contributed by atoms with van der Waals surface area (Å²) in [5.74, 6) is 0.812. The average molecular weight is 497 g/mol. The fraction of sp³-hybridized carbons (Fsp3) is 0.300. The van der Waals surface area contributed by atoms with Gasteiger partial charge >= 0.3 is 0 Å². The van der Waals surface area contributed by atoms with Gasteiger partial charge in [-0.3, -0.25) is 14.5 Å². The summed E-state index contributed by atoms with van der Waals surface area (Å²) in [6.45, 7) is 6.34. The van der Waals surface area contributed by atoms with Crippen LogP contribution < -0.4 is 4.74 Å². The Bertz CT molecular complexity index is 1350. The van der Waals surface area contributed by atoms with Gasteiger partial charge < -0.3 is 14.4 Å². The first kappa shape index (κ1) is 24.7. The molecule has 7 nitrogen and oxygen atoms in total. The van der Waals surface area contributed by atoms with Crippen molar-refractivity contribution in [2.75, 3.05) is 26.4 Å². The van der Waals surface area contributed by atoms with Crippen LogP contribution in [0.15, 0.2) is 79.3 Å². The highest BCUT2D eigenvalue weighted by Crippen LogP contribution is 2.29. The molecule has 190 valence electrons. The molecule has 0 unspecified atom stereocenters. The molecule has 2 aromatic carbocycles. The molecule has 0 radical (unpaired) electrons. The van der Waals surface area contributed by atoms with Gasteiger partial charge in [-0.2, -0.15) is 5.10 Å². The fourth-order valence-corrected chi connectivity index (χ4v) is 4.65. The minimum absolute atomic E-state index is 0.0463. The molecule has 1 aliphatic heterocycles. The molecule has 3 heterocycles. The molecule has 0 aliphatic carbocycles. The molecule has 0 spiro atoms. The number of fused-ring (bicyclic) bond motifs is 3. The highest BCUT2D eigenvalue weighted by Gasteiger charge is 2.21. The summed E-state index contributed by atoms with van der Waals surface area (Å²) >= 11 is 0. The van der Waals surface area contributed by atoms with Crippen LogP contribution in [0.4, 0.5) is 0 Å². The molecule has 0 fully saturated rings. The van der Waals surface area contributed by atoms with Crippen LogP contribution in [0.3, 0.4) is 0 Å². The van der Waals surface area contributed by atoms with Crippen LogP contribution in [0.5, 0.6) is 5.75 Å². The molecule has 1 aliphatic rings. The third kappa shape index (κ3) is 5.89. The van der Waals surface area contributed by atoms with Crippen molar-refractivity contribution >= 4 is 5.91 Å². The smallest absolute Gasteiger partial charge is 0.272 e. The van der Waals surface area contributed by atoms with E-state index in [4.69, 9.17) is 9.47 Å². The summed E-state index contributed by atoms with van der Waals surface area (Å²) in [6, 6.07) is 20.6. The summed E-state index contributed by atoms with van der Waals surface area (Å²) in [4.78, 5) is 19.6. The van der Waals surface area contributed by atoms with Crippen LogP contribution >= 0.6 is 0 Å². The summed E-state index contributed by atoms with van der Waals surface area (Å²) in [5, 5.41) is 4.35.